The quantitative estimate of drug-likeness (QED) is 0.510. The number of ether oxygens (including phenoxy) is 1. The summed E-state index contributed by atoms with van der Waals surface area (Å²) in [5.41, 5.74) is 3.92. The molecule has 3 radical (unpaired) electrons. The lowest BCUT2D eigenvalue weighted by Gasteiger charge is -2.17. The third kappa shape index (κ3) is 3.91. The van der Waals surface area contributed by atoms with Gasteiger partial charge in [0.1, 0.15) is 18.6 Å². The molecule has 6 heteroatoms. The third-order valence-corrected chi connectivity index (χ3v) is 4.81. The predicted molar refractivity (Wildman–Crippen MR) is 100 cm³/mol. The fourth-order valence-corrected chi connectivity index (χ4v) is 2.70. The second-order valence-corrected chi connectivity index (χ2v) is 6.12. The first-order valence-corrected chi connectivity index (χ1v) is 8.33. The molecule has 0 aliphatic rings. The van der Waals surface area contributed by atoms with Gasteiger partial charge in [-0.15, -0.1) is 0 Å². The zero-order valence-corrected chi connectivity index (χ0v) is 16.1. The van der Waals surface area contributed by atoms with E-state index >= 15 is 0 Å². The molecule has 0 saturated carbocycles. The van der Waals surface area contributed by atoms with E-state index in [1.807, 2.05) is 39.0 Å². The molecule has 0 bridgehead atoms. The Balaban J connectivity index is 2.53. The van der Waals surface area contributed by atoms with Crippen molar-refractivity contribution in [1.29, 1.82) is 0 Å². The number of hydrogen-bond acceptors (Lipinski definition) is 4. The summed E-state index contributed by atoms with van der Waals surface area (Å²) in [5, 5.41) is 7.48. The average Bonchev–Trinajstić information content (AvgIpc) is 2.62. The fraction of sp³-hybridized carbons (Fsp3) is 0.263. The third-order valence-electron chi connectivity index (χ3n) is 4.04. The molecule has 0 spiro atoms. The normalized spacial score (nSPS) is 11.2. The van der Waals surface area contributed by atoms with Gasteiger partial charge in [0.25, 0.3) is 5.91 Å². The number of carbonyl (C=O) groups is 1. The van der Waals surface area contributed by atoms with E-state index in [9.17, 15) is 4.79 Å². The van der Waals surface area contributed by atoms with E-state index in [-0.39, 0.29) is 11.6 Å². The number of aryl methyl sites for hydroxylation is 1. The van der Waals surface area contributed by atoms with Crippen LogP contribution in [0.4, 0.5) is 0 Å². The van der Waals surface area contributed by atoms with Gasteiger partial charge in [-0.1, -0.05) is 22.5 Å². The first-order valence-electron chi connectivity index (χ1n) is 7.83. The highest BCUT2D eigenvalue weighted by Crippen LogP contribution is 2.30. The van der Waals surface area contributed by atoms with Crippen molar-refractivity contribution in [3.05, 3.63) is 52.6 Å². The van der Waals surface area contributed by atoms with Crippen LogP contribution in [-0.2, 0) is 9.63 Å². The van der Waals surface area contributed by atoms with Gasteiger partial charge in [-0.3, -0.25) is 4.79 Å². The molecule has 0 atom stereocenters. The Morgan fingerprint density at radius 3 is 2.44 bits per heavy atom. The monoisotopic (exact) mass is 353 g/mol. The molecule has 0 heterocycles. The molecule has 0 aliphatic heterocycles. The molecule has 1 N–H and O–H groups in total. The Kier molecular flexibility index (Phi) is 5.98. The van der Waals surface area contributed by atoms with Gasteiger partial charge in [0.2, 0.25) is 0 Å². The van der Waals surface area contributed by atoms with E-state index < -0.39 is 0 Å². The van der Waals surface area contributed by atoms with Crippen molar-refractivity contribution in [1.82, 2.24) is 5.32 Å². The highest BCUT2D eigenvalue weighted by atomic mass is 28.1. The SMILES string of the molecule is CNC(=O)C(=NOC)c1ccccc1Oc1cc(C)c([Si])c(C)c1C. The Morgan fingerprint density at radius 2 is 1.80 bits per heavy atom. The Labute approximate surface area is 151 Å². The summed E-state index contributed by atoms with van der Waals surface area (Å²) < 4.78 is 6.14. The van der Waals surface area contributed by atoms with E-state index in [1.165, 1.54) is 7.11 Å². The minimum absolute atomic E-state index is 0.156. The maximum absolute atomic E-state index is 12.1. The van der Waals surface area contributed by atoms with Gasteiger partial charge in [-0.2, -0.15) is 0 Å². The van der Waals surface area contributed by atoms with Crippen LogP contribution in [0.3, 0.4) is 0 Å². The standard InChI is InChI=1S/C19H21N2O3Si/c1-11-10-16(12(2)13(3)18(11)25)24-15-9-7-6-8-14(15)17(21-23-5)19(22)20-4/h6-10H,1-5H3,(H,20,22). The smallest absolute Gasteiger partial charge is 0.273 e. The Bertz CT molecular complexity index is 832. The van der Waals surface area contributed by atoms with Crippen LogP contribution >= 0.6 is 0 Å². The summed E-state index contributed by atoms with van der Waals surface area (Å²) in [7, 11) is 6.59. The zero-order chi connectivity index (χ0) is 18.6. The summed E-state index contributed by atoms with van der Waals surface area (Å²) in [6.45, 7) is 6.04. The summed E-state index contributed by atoms with van der Waals surface area (Å²) in [6.07, 6.45) is 0. The van der Waals surface area contributed by atoms with Gasteiger partial charge in [0.05, 0.1) is 15.8 Å². The van der Waals surface area contributed by atoms with Gasteiger partial charge in [-0.25, -0.2) is 0 Å². The molecule has 0 saturated heterocycles. The van der Waals surface area contributed by atoms with Crippen LogP contribution in [-0.4, -0.2) is 36.0 Å². The molecular formula is C19H21N2O3Si. The van der Waals surface area contributed by atoms with Gasteiger partial charge in [0, 0.05) is 7.05 Å². The minimum Gasteiger partial charge on any atom is -0.456 e. The molecule has 2 aromatic rings. The first-order chi connectivity index (χ1) is 11.9. The fourth-order valence-electron chi connectivity index (χ4n) is 2.44. The van der Waals surface area contributed by atoms with Gasteiger partial charge in [-0.05, 0) is 55.7 Å². The summed E-state index contributed by atoms with van der Waals surface area (Å²) in [6, 6.07) is 9.21. The van der Waals surface area contributed by atoms with E-state index in [4.69, 9.17) is 9.57 Å². The molecule has 0 aromatic heterocycles. The largest absolute Gasteiger partial charge is 0.456 e. The maximum atomic E-state index is 12.1. The van der Waals surface area contributed by atoms with Gasteiger partial charge < -0.3 is 14.9 Å². The number of hydrogen-bond donors (Lipinski definition) is 1. The zero-order valence-electron chi connectivity index (χ0n) is 15.1. The van der Waals surface area contributed by atoms with E-state index in [2.05, 4.69) is 20.7 Å². The molecule has 129 valence electrons. The highest BCUT2D eigenvalue weighted by Gasteiger charge is 2.19. The topological polar surface area (TPSA) is 59.9 Å². The lowest BCUT2D eigenvalue weighted by Crippen LogP contribution is -2.28. The van der Waals surface area contributed by atoms with Crippen LogP contribution in [0.2, 0.25) is 0 Å². The summed E-state index contributed by atoms with van der Waals surface area (Å²) in [4.78, 5) is 17.0. The molecule has 0 fully saturated rings. The number of nitrogens with one attached hydrogen (secondary N) is 1. The lowest BCUT2D eigenvalue weighted by molar-refractivity contribution is -0.114. The number of oxime groups is 1. The molecule has 1 amide bonds. The number of carbonyl (C=O) groups excluding carboxylic acids is 1. The average molecular weight is 353 g/mol. The second-order valence-electron chi connectivity index (χ2n) is 5.62. The summed E-state index contributed by atoms with van der Waals surface area (Å²) >= 11 is 0. The second kappa shape index (κ2) is 7.98. The van der Waals surface area contributed by atoms with Crippen LogP contribution in [0, 0.1) is 20.8 Å². The minimum atomic E-state index is -0.350. The van der Waals surface area contributed by atoms with Crippen molar-refractivity contribution in [2.45, 2.75) is 20.8 Å². The van der Waals surface area contributed by atoms with Crippen molar-refractivity contribution in [3.8, 4) is 11.5 Å². The van der Waals surface area contributed by atoms with E-state index in [1.54, 1.807) is 19.2 Å². The molecular weight excluding hydrogens is 332 g/mol. The molecule has 0 aliphatic carbocycles. The lowest BCUT2D eigenvalue weighted by atomic mass is 10.0. The van der Waals surface area contributed by atoms with Crippen molar-refractivity contribution in [2.24, 2.45) is 5.16 Å². The number of benzene rings is 2. The van der Waals surface area contributed by atoms with E-state index in [0.717, 1.165) is 27.6 Å². The first kappa shape index (κ1) is 18.7. The van der Waals surface area contributed by atoms with Gasteiger partial charge >= 0.3 is 0 Å². The number of nitrogens with zero attached hydrogens (tertiary/aromatic N) is 1. The Hall–Kier alpha value is -2.60. The predicted octanol–water partition coefficient (Wildman–Crippen LogP) is 2.29. The molecule has 2 aromatic carbocycles. The molecule has 25 heavy (non-hydrogen) atoms. The van der Waals surface area contributed by atoms with Crippen molar-refractivity contribution >= 4 is 27.0 Å². The summed E-state index contributed by atoms with van der Waals surface area (Å²) in [5.74, 6) is 0.918. The Morgan fingerprint density at radius 1 is 1.12 bits per heavy atom. The van der Waals surface area contributed by atoms with E-state index in [0.29, 0.717) is 11.3 Å². The molecule has 2 rings (SSSR count). The van der Waals surface area contributed by atoms with Crippen LogP contribution in [0.5, 0.6) is 11.5 Å². The number of para-hydroxylation sites is 1. The van der Waals surface area contributed by atoms with Crippen LogP contribution in [0.1, 0.15) is 22.3 Å². The molecule has 0 unspecified atom stereocenters. The molecule has 5 nitrogen and oxygen atoms in total. The van der Waals surface area contributed by atoms with Crippen LogP contribution < -0.4 is 15.2 Å². The van der Waals surface area contributed by atoms with Crippen molar-refractivity contribution < 1.29 is 14.4 Å². The van der Waals surface area contributed by atoms with Crippen LogP contribution in [0.25, 0.3) is 0 Å². The number of amides is 1. The van der Waals surface area contributed by atoms with Crippen molar-refractivity contribution in [2.75, 3.05) is 14.2 Å². The maximum Gasteiger partial charge on any atom is 0.273 e. The van der Waals surface area contributed by atoms with Crippen molar-refractivity contribution in [3.63, 3.8) is 0 Å². The highest BCUT2D eigenvalue weighted by molar-refractivity contribution is 6.45. The number of likely N-dealkylation sites (N-methyl/N-ethyl adjacent to an activating group) is 1. The van der Waals surface area contributed by atoms with Crippen LogP contribution in [0.15, 0.2) is 35.5 Å². The van der Waals surface area contributed by atoms with Gasteiger partial charge in [0.15, 0.2) is 5.71 Å². The number of rotatable bonds is 5.